The van der Waals surface area contributed by atoms with Crippen LogP contribution in [0.15, 0.2) is 18.2 Å². The molecule has 1 saturated heterocycles. The lowest BCUT2D eigenvalue weighted by atomic mass is 10.0. The third kappa shape index (κ3) is 3.75. The molecule has 1 aromatic rings. The number of nitrogens with zero attached hydrogens (tertiary/aromatic N) is 2. The van der Waals surface area contributed by atoms with E-state index in [9.17, 15) is 19.5 Å². The first kappa shape index (κ1) is 18.0. The standard InChI is InChI=1S/C18H24N2O4/c1-4-7-19(3)16(21)13-9-14(11-15(10-13)18(23)24)17(22)20-8-5-6-12(20)2/h9-12H,4-8H2,1-3H3,(H,23,24). The molecule has 1 unspecified atom stereocenters. The highest BCUT2D eigenvalue weighted by molar-refractivity contribution is 6.03. The van der Waals surface area contributed by atoms with Gasteiger partial charge in [-0.2, -0.15) is 0 Å². The Balaban J connectivity index is 2.39. The number of benzene rings is 1. The van der Waals surface area contributed by atoms with Crippen molar-refractivity contribution in [2.75, 3.05) is 20.1 Å². The zero-order valence-corrected chi connectivity index (χ0v) is 14.4. The minimum Gasteiger partial charge on any atom is -0.478 e. The molecule has 0 aliphatic carbocycles. The second kappa shape index (κ2) is 7.47. The summed E-state index contributed by atoms with van der Waals surface area (Å²) in [5.74, 6) is -1.63. The van der Waals surface area contributed by atoms with Gasteiger partial charge < -0.3 is 14.9 Å². The van der Waals surface area contributed by atoms with Crippen molar-refractivity contribution in [1.29, 1.82) is 0 Å². The molecule has 1 atom stereocenters. The van der Waals surface area contributed by atoms with Gasteiger partial charge in [0.2, 0.25) is 0 Å². The van der Waals surface area contributed by atoms with E-state index in [1.165, 1.54) is 23.1 Å². The molecule has 2 amide bonds. The molecular formula is C18H24N2O4. The molecule has 6 heteroatoms. The monoisotopic (exact) mass is 332 g/mol. The summed E-state index contributed by atoms with van der Waals surface area (Å²) < 4.78 is 0. The molecule has 1 heterocycles. The van der Waals surface area contributed by atoms with Crippen LogP contribution in [-0.2, 0) is 0 Å². The van der Waals surface area contributed by atoms with Gasteiger partial charge in [-0.3, -0.25) is 9.59 Å². The summed E-state index contributed by atoms with van der Waals surface area (Å²) in [6.45, 7) is 5.17. The van der Waals surface area contributed by atoms with Gasteiger partial charge >= 0.3 is 5.97 Å². The quantitative estimate of drug-likeness (QED) is 0.898. The lowest BCUT2D eigenvalue weighted by molar-refractivity contribution is 0.0697. The normalized spacial score (nSPS) is 17.0. The Morgan fingerprint density at radius 2 is 1.83 bits per heavy atom. The summed E-state index contributed by atoms with van der Waals surface area (Å²) in [6, 6.07) is 4.33. The SMILES string of the molecule is CCCN(C)C(=O)c1cc(C(=O)O)cc(C(=O)N2CCCC2C)c1. The predicted molar refractivity (Wildman–Crippen MR) is 90.4 cm³/mol. The van der Waals surface area contributed by atoms with Crippen molar-refractivity contribution in [3.8, 4) is 0 Å². The summed E-state index contributed by atoms with van der Waals surface area (Å²) in [5.41, 5.74) is 0.457. The van der Waals surface area contributed by atoms with Crippen molar-refractivity contribution in [3.05, 3.63) is 34.9 Å². The Bertz CT molecular complexity index is 656. The van der Waals surface area contributed by atoms with E-state index in [-0.39, 0.29) is 34.5 Å². The zero-order valence-electron chi connectivity index (χ0n) is 14.4. The summed E-state index contributed by atoms with van der Waals surface area (Å²) >= 11 is 0. The Morgan fingerprint density at radius 1 is 1.21 bits per heavy atom. The van der Waals surface area contributed by atoms with E-state index >= 15 is 0 Å². The smallest absolute Gasteiger partial charge is 0.335 e. The number of hydrogen-bond acceptors (Lipinski definition) is 3. The minimum absolute atomic E-state index is 0.0408. The van der Waals surface area contributed by atoms with Crippen LogP contribution in [0, 0.1) is 0 Å². The number of likely N-dealkylation sites (tertiary alicyclic amines) is 1. The van der Waals surface area contributed by atoms with Gasteiger partial charge in [-0.05, 0) is 44.4 Å². The molecule has 0 bridgehead atoms. The molecule has 0 saturated carbocycles. The number of carbonyl (C=O) groups is 3. The third-order valence-corrected chi connectivity index (χ3v) is 4.39. The third-order valence-electron chi connectivity index (χ3n) is 4.39. The zero-order chi connectivity index (χ0) is 17.9. The van der Waals surface area contributed by atoms with Crippen molar-refractivity contribution in [1.82, 2.24) is 9.80 Å². The highest BCUT2D eigenvalue weighted by Gasteiger charge is 2.27. The van der Waals surface area contributed by atoms with Gasteiger partial charge in [-0.25, -0.2) is 4.79 Å². The number of carbonyl (C=O) groups excluding carboxylic acids is 2. The number of aromatic carboxylic acids is 1. The van der Waals surface area contributed by atoms with E-state index in [1.807, 2.05) is 13.8 Å². The lowest BCUT2D eigenvalue weighted by Gasteiger charge is -2.22. The largest absolute Gasteiger partial charge is 0.478 e. The van der Waals surface area contributed by atoms with Gasteiger partial charge in [0.1, 0.15) is 0 Å². The number of amides is 2. The fourth-order valence-corrected chi connectivity index (χ4v) is 3.06. The topological polar surface area (TPSA) is 77.9 Å². The maximum atomic E-state index is 12.7. The van der Waals surface area contributed by atoms with Crippen LogP contribution in [0.25, 0.3) is 0 Å². The van der Waals surface area contributed by atoms with Crippen molar-refractivity contribution in [2.24, 2.45) is 0 Å². The van der Waals surface area contributed by atoms with E-state index in [4.69, 9.17) is 0 Å². The van der Waals surface area contributed by atoms with Crippen LogP contribution in [0.3, 0.4) is 0 Å². The number of carboxylic acids is 1. The fourth-order valence-electron chi connectivity index (χ4n) is 3.06. The number of hydrogen-bond donors (Lipinski definition) is 1. The molecule has 1 aromatic carbocycles. The van der Waals surface area contributed by atoms with Crippen LogP contribution in [0.2, 0.25) is 0 Å². The predicted octanol–water partition coefficient (Wildman–Crippen LogP) is 2.49. The Kier molecular flexibility index (Phi) is 5.59. The summed E-state index contributed by atoms with van der Waals surface area (Å²) in [5, 5.41) is 9.31. The first-order chi connectivity index (χ1) is 11.3. The van der Waals surface area contributed by atoms with Gasteiger partial charge in [0, 0.05) is 37.3 Å². The average molecular weight is 332 g/mol. The molecule has 2 rings (SSSR count). The van der Waals surface area contributed by atoms with Gasteiger partial charge in [0.05, 0.1) is 5.56 Å². The molecule has 0 radical (unpaired) electrons. The highest BCUT2D eigenvalue weighted by atomic mass is 16.4. The van der Waals surface area contributed by atoms with Gasteiger partial charge in [-0.1, -0.05) is 6.92 Å². The van der Waals surface area contributed by atoms with Crippen molar-refractivity contribution >= 4 is 17.8 Å². The molecule has 0 spiro atoms. The molecule has 24 heavy (non-hydrogen) atoms. The van der Waals surface area contributed by atoms with Crippen LogP contribution < -0.4 is 0 Å². The Morgan fingerprint density at radius 3 is 2.38 bits per heavy atom. The summed E-state index contributed by atoms with van der Waals surface area (Å²) in [7, 11) is 1.67. The average Bonchev–Trinajstić information content (AvgIpc) is 2.99. The van der Waals surface area contributed by atoms with E-state index in [1.54, 1.807) is 11.9 Å². The summed E-state index contributed by atoms with van der Waals surface area (Å²) in [4.78, 5) is 39.8. The van der Waals surface area contributed by atoms with Gasteiger partial charge in [0.15, 0.2) is 0 Å². The minimum atomic E-state index is -1.15. The molecule has 1 aliphatic heterocycles. The maximum Gasteiger partial charge on any atom is 0.335 e. The summed E-state index contributed by atoms with van der Waals surface area (Å²) in [6.07, 6.45) is 2.68. The van der Waals surface area contributed by atoms with Crippen molar-refractivity contribution in [2.45, 2.75) is 39.2 Å². The number of rotatable bonds is 5. The maximum absolute atomic E-state index is 12.7. The molecule has 130 valence electrons. The van der Waals surface area contributed by atoms with E-state index in [0.29, 0.717) is 13.1 Å². The van der Waals surface area contributed by atoms with Crippen molar-refractivity contribution < 1.29 is 19.5 Å². The second-order valence-corrected chi connectivity index (χ2v) is 6.32. The van der Waals surface area contributed by atoms with Gasteiger partial charge in [-0.15, -0.1) is 0 Å². The van der Waals surface area contributed by atoms with Crippen LogP contribution >= 0.6 is 0 Å². The first-order valence-corrected chi connectivity index (χ1v) is 8.30. The molecule has 1 aliphatic rings. The molecular weight excluding hydrogens is 308 g/mol. The molecule has 1 fully saturated rings. The molecule has 1 N–H and O–H groups in total. The van der Waals surface area contributed by atoms with E-state index in [2.05, 4.69) is 0 Å². The highest BCUT2D eigenvalue weighted by Crippen LogP contribution is 2.21. The van der Waals surface area contributed by atoms with Crippen LogP contribution in [0.4, 0.5) is 0 Å². The number of carboxylic acid groups (broad SMARTS) is 1. The van der Waals surface area contributed by atoms with Crippen LogP contribution in [-0.4, -0.2) is 58.9 Å². The Hall–Kier alpha value is -2.37. The van der Waals surface area contributed by atoms with E-state index < -0.39 is 5.97 Å². The Labute approximate surface area is 142 Å². The van der Waals surface area contributed by atoms with Gasteiger partial charge in [0.25, 0.3) is 11.8 Å². The van der Waals surface area contributed by atoms with Crippen molar-refractivity contribution in [3.63, 3.8) is 0 Å². The molecule has 0 aromatic heterocycles. The molecule has 6 nitrogen and oxygen atoms in total. The van der Waals surface area contributed by atoms with E-state index in [0.717, 1.165) is 19.3 Å². The first-order valence-electron chi connectivity index (χ1n) is 8.30. The van der Waals surface area contributed by atoms with Crippen LogP contribution in [0.5, 0.6) is 0 Å². The fraction of sp³-hybridized carbons (Fsp3) is 0.500. The lowest BCUT2D eigenvalue weighted by Crippen LogP contribution is -2.34. The second-order valence-electron chi connectivity index (χ2n) is 6.32. The van der Waals surface area contributed by atoms with Crippen LogP contribution in [0.1, 0.15) is 64.2 Å².